The summed E-state index contributed by atoms with van der Waals surface area (Å²) in [5, 5.41) is 5.19. The van der Waals surface area contributed by atoms with Crippen molar-refractivity contribution in [2.45, 2.75) is 13.8 Å². The van der Waals surface area contributed by atoms with Gasteiger partial charge in [-0.25, -0.2) is 0 Å². The third-order valence-corrected chi connectivity index (χ3v) is 6.08. The Hall–Kier alpha value is -3.64. The van der Waals surface area contributed by atoms with Gasteiger partial charge in [-0.1, -0.05) is 109 Å². The Balaban J connectivity index is 2.12. The van der Waals surface area contributed by atoms with Crippen LogP contribution in [-0.4, -0.2) is 0 Å². The summed E-state index contributed by atoms with van der Waals surface area (Å²) in [5.74, 6) is 0. The van der Waals surface area contributed by atoms with Gasteiger partial charge in [-0.05, 0) is 68.1 Å². The number of hydrogen-bond acceptors (Lipinski definition) is 0. The summed E-state index contributed by atoms with van der Waals surface area (Å²) >= 11 is 0. The van der Waals surface area contributed by atoms with E-state index < -0.39 is 0 Å². The van der Waals surface area contributed by atoms with Gasteiger partial charge in [-0.3, -0.25) is 0 Å². The highest BCUT2D eigenvalue weighted by molar-refractivity contribution is 6.19. The normalized spacial score (nSPS) is 20.6. The van der Waals surface area contributed by atoms with Gasteiger partial charge in [0.25, 0.3) is 0 Å². The van der Waals surface area contributed by atoms with Gasteiger partial charge < -0.3 is 0 Å². The first-order valence-electron chi connectivity index (χ1n) is 10.5. The van der Waals surface area contributed by atoms with Crippen molar-refractivity contribution in [3.05, 3.63) is 141 Å². The molecule has 5 rings (SSSR count). The van der Waals surface area contributed by atoms with Crippen LogP contribution >= 0.6 is 0 Å². The molecule has 144 valence electrons. The lowest BCUT2D eigenvalue weighted by molar-refractivity contribution is 1.36. The highest BCUT2D eigenvalue weighted by atomic mass is 14.2. The molecule has 0 aliphatic heterocycles. The van der Waals surface area contributed by atoms with E-state index in [1.165, 1.54) is 54.3 Å². The summed E-state index contributed by atoms with van der Waals surface area (Å²) in [4.78, 5) is 0. The molecule has 1 aliphatic carbocycles. The second kappa shape index (κ2) is 7.65. The zero-order valence-corrected chi connectivity index (χ0v) is 17.4. The van der Waals surface area contributed by atoms with E-state index in [-0.39, 0.29) is 0 Å². The molecule has 4 aromatic rings. The lowest BCUT2D eigenvalue weighted by Crippen LogP contribution is -2.17. The Labute approximate surface area is 177 Å². The van der Waals surface area contributed by atoms with Gasteiger partial charge >= 0.3 is 0 Å². The van der Waals surface area contributed by atoms with E-state index in [9.17, 15) is 0 Å². The van der Waals surface area contributed by atoms with E-state index in [4.69, 9.17) is 0 Å². The van der Waals surface area contributed by atoms with Crippen LogP contribution in [0.2, 0.25) is 0 Å². The van der Waals surface area contributed by atoms with Gasteiger partial charge in [-0.15, -0.1) is 0 Å². The molecule has 0 nitrogen and oxygen atoms in total. The standard InChI is InChI=1S/C30H24/c1-21-25-17-9-11-19-27(25)28-20-12-10-18-26(28)22(2)30(24-15-7-4-8-16-24)29(21)23-13-5-3-6-14-23/h3-20H,1-2H3/b25-21-,26-22-,28-27-,29-21?,30-22?,30-29-. The third kappa shape index (κ3) is 3.02. The van der Waals surface area contributed by atoms with Gasteiger partial charge in [0, 0.05) is 0 Å². The number of benzene rings is 4. The van der Waals surface area contributed by atoms with Crippen molar-refractivity contribution in [3.8, 4) is 0 Å². The van der Waals surface area contributed by atoms with E-state index in [1.54, 1.807) is 0 Å². The minimum absolute atomic E-state index is 1.25. The Morgan fingerprint density at radius 3 is 1.00 bits per heavy atom. The molecule has 0 radical (unpaired) electrons. The maximum Gasteiger partial charge on any atom is -0.00670 e. The fourth-order valence-corrected chi connectivity index (χ4v) is 4.67. The molecule has 0 unspecified atom stereocenters. The van der Waals surface area contributed by atoms with Crippen molar-refractivity contribution in [2.75, 3.05) is 0 Å². The Morgan fingerprint density at radius 2 is 0.633 bits per heavy atom. The number of allylic oxidation sites excluding steroid dienone is 2. The number of hydrogen-bond donors (Lipinski definition) is 0. The first-order valence-corrected chi connectivity index (χ1v) is 10.5. The largest absolute Gasteiger partial charge is 0.0622 e. The van der Waals surface area contributed by atoms with E-state index in [1.807, 2.05) is 0 Å². The predicted molar refractivity (Wildman–Crippen MR) is 128 cm³/mol. The second-order valence-electron chi connectivity index (χ2n) is 7.82. The maximum absolute atomic E-state index is 2.27. The Kier molecular flexibility index (Phi) is 4.69. The molecule has 0 heteroatoms. The lowest BCUT2D eigenvalue weighted by atomic mass is 9.83. The smallest absolute Gasteiger partial charge is 0.00670 e. The molecular weight excluding hydrogens is 360 g/mol. The van der Waals surface area contributed by atoms with E-state index in [0.29, 0.717) is 0 Å². The molecule has 0 heterocycles. The molecule has 1 aliphatic rings. The van der Waals surface area contributed by atoms with Gasteiger partial charge in [0.2, 0.25) is 0 Å². The molecule has 30 heavy (non-hydrogen) atoms. The van der Waals surface area contributed by atoms with Crippen LogP contribution in [-0.2, 0) is 0 Å². The summed E-state index contributed by atoms with van der Waals surface area (Å²) in [6.45, 7) is 4.54. The van der Waals surface area contributed by atoms with Crippen molar-refractivity contribution in [1.29, 1.82) is 0 Å². The second-order valence-corrected chi connectivity index (χ2v) is 7.82. The lowest BCUT2D eigenvalue weighted by Gasteiger charge is -2.20. The predicted octanol–water partition coefficient (Wildman–Crippen LogP) is 5.94. The minimum Gasteiger partial charge on any atom is -0.0622 e. The SMILES string of the molecule is CC1=c2\cccc\c2=c2/cccc/c2=C(C)/C(c2ccccc2)=C\1c1ccccc1. The monoisotopic (exact) mass is 384 g/mol. The molecule has 0 atom stereocenters. The van der Waals surface area contributed by atoms with Crippen molar-refractivity contribution >= 4 is 22.3 Å². The summed E-state index contributed by atoms with van der Waals surface area (Å²) in [6.07, 6.45) is 0. The van der Waals surface area contributed by atoms with Crippen LogP contribution in [0.5, 0.6) is 0 Å². The highest BCUT2D eigenvalue weighted by Crippen LogP contribution is 2.37. The van der Waals surface area contributed by atoms with E-state index in [2.05, 4.69) is 123 Å². The molecule has 0 saturated carbocycles. The summed E-state index contributed by atoms with van der Waals surface area (Å²) in [6, 6.07) is 39.2. The molecule has 0 aromatic heterocycles. The molecule has 0 spiro atoms. The molecule has 0 saturated heterocycles. The average Bonchev–Trinajstić information content (AvgIpc) is 2.82. The summed E-state index contributed by atoms with van der Waals surface area (Å²) in [7, 11) is 0. The van der Waals surface area contributed by atoms with Crippen molar-refractivity contribution in [3.63, 3.8) is 0 Å². The zero-order valence-electron chi connectivity index (χ0n) is 17.4. The quantitative estimate of drug-likeness (QED) is 0.401. The van der Waals surface area contributed by atoms with E-state index in [0.717, 1.165) is 0 Å². The van der Waals surface area contributed by atoms with Crippen LogP contribution in [0, 0.1) is 10.4 Å². The molecule has 0 N–H and O–H groups in total. The minimum atomic E-state index is 1.25. The average molecular weight is 385 g/mol. The van der Waals surface area contributed by atoms with Crippen LogP contribution < -0.4 is 10.4 Å². The first-order chi connectivity index (χ1) is 14.8. The van der Waals surface area contributed by atoms with Gasteiger partial charge in [0.1, 0.15) is 0 Å². The number of rotatable bonds is 2. The van der Waals surface area contributed by atoms with Crippen LogP contribution in [0.15, 0.2) is 109 Å². The molecule has 0 fully saturated rings. The van der Waals surface area contributed by atoms with Crippen LogP contribution in [0.1, 0.15) is 25.0 Å². The van der Waals surface area contributed by atoms with Crippen LogP contribution in [0.4, 0.5) is 0 Å². The number of fused-ring (bicyclic) bond motifs is 2. The first kappa shape index (κ1) is 18.4. The van der Waals surface area contributed by atoms with Gasteiger partial charge in [0.05, 0.1) is 0 Å². The van der Waals surface area contributed by atoms with Gasteiger partial charge in [-0.2, -0.15) is 0 Å². The molecule has 0 amide bonds. The Bertz CT molecular complexity index is 1360. The highest BCUT2D eigenvalue weighted by Gasteiger charge is 2.17. The summed E-state index contributed by atoms with van der Waals surface area (Å²) < 4.78 is 0. The maximum atomic E-state index is 2.27. The van der Waals surface area contributed by atoms with Crippen LogP contribution in [0.3, 0.4) is 0 Å². The fraction of sp³-hybridized carbons (Fsp3) is 0.0667. The molecule has 4 aromatic carbocycles. The van der Waals surface area contributed by atoms with Crippen molar-refractivity contribution in [2.24, 2.45) is 0 Å². The van der Waals surface area contributed by atoms with E-state index >= 15 is 0 Å². The molecular formula is C30H24. The third-order valence-electron chi connectivity index (χ3n) is 6.08. The van der Waals surface area contributed by atoms with Crippen LogP contribution in [0.25, 0.3) is 22.3 Å². The van der Waals surface area contributed by atoms with Crippen molar-refractivity contribution < 1.29 is 0 Å². The fourth-order valence-electron chi connectivity index (χ4n) is 4.67. The van der Waals surface area contributed by atoms with Crippen molar-refractivity contribution in [1.82, 2.24) is 0 Å². The molecule has 0 bridgehead atoms. The topological polar surface area (TPSA) is 0 Å². The summed E-state index contributed by atoms with van der Waals surface area (Å²) in [5.41, 5.74) is 7.74. The zero-order chi connectivity index (χ0) is 20.5. The Morgan fingerprint density at radius 1 is 0.333 bits per heavy atom. The van der Waals surface area contributed by atoms with Gasteiger partial charge in [0.15, 0.2) is 0 Å².